The summed E-state index contributed by atoms with van der Waals surface area (Å²) in [6.45, 7) is -6.85. The van der Waals surface area contributed by atoms with Crippen LogP contribution in [0.4, 0.5) is 0 Å². The van der Waals surface area contributed by atoms with Crippen molar-refractivity contribution < 1.29 is 197 Å². The summed E-state index contributed by atoms with van der Waals surface area (Å²) in [5.41, 5.74) is 0. The number of nitrogens with zero attached hydrogens (tertiary/aromatic N) is 2. The largest absolute Gasteiger partial charge is 0.394 e. The Kier molecular flexibility index (Phi) is 25.4. The number of hydrogen-bond donors (Lipinski definition) is 22. The Hall–Kier alpha value is -3.22. The predicted molar refractivity (Wildman–Crippen MR) is 300 cm³/mol. The lowest BCUT2D eigenvalue weighted by atomic mass is 9.94. The van der Waals surface area contributed by atoms with Gasteiger partial charge in [0.05, 0.1) is 39.6 Å². The molecule has 40 atom stereocenters. The number of aliphatic hydroxyl groups is 22. The summed E-state index contributed by atoms with van der Waals surface area (Å²) in [6.07, 6.45) is -73.5. The van der Waals surface area contributed by atoms with Crippen molar-refractivity contribution in [2.45, 2.75) is 259 Å². The molecule has 40 heteroatoms. The SMILES string of the molecule is OC[C@@H]1O[C@@H]2O[C@H]3[C@H](O)[C@@H](O)[C@@H](O[C@H]4[C@H](O)[C@@H](O)[C@@H](O[C@H]5[C@@H](O)[C@@H](O)[C@@H](O[C@H]6[C@@H](O)[C@H](O)[C@@H](O[C@H]7[C@H](O)[C@@H](O)[C@@H](O[C@H]8[C@H](O)[C@@H](O)[C@@H](O[C@H]9[C@H](O)[C@@H](O)[C@@H](O[C@H]1[C@H](O)[C@H]2O)O[C@@H]9CO)O[C@@H]8CO)O[C@@H]7CO)O[C@@H]6CO)O[C@@H]5CO)O[C@@H]4C[n+]1ccccc1)O[C@H]3C[n+]1ccccc1. The van der Waals surface area contributed by atoms with Gasteiger partial charge in [-0.15, -0.1) is 0 Å². The van der Waals surface area contributed by atoms with Gasteiger partial charge in [-0.3, -0.25) is 0 Å². The van der Waals surface area contributed by atoms with E-state index in [4.69, 9.17) is 75.8 Å². The van der Waals surface area contributed by atoms with Gasteiger partial charge in [0.1, 0.15) is 195 Å². The van der Waals surface area contributed by atoms with E-state index in [0.717, 1.165) is 0 Å². The van der Waals surface area contributed by atoms with Crippen LogP contribution < -0.4 is 9.13 Å². The maximum atomic E-state index is 12.1. The average molecular weight is 1420 g/mol. The van der Waals surface area contributed by atoms with E-state index in [2.05, 4.69) is 0 Å². The quantitative estimate of drug-likeness (QED) is 0.0982. The molecule has 16 bridgehead atoms. The molecule has 32 heterocycles. The van der Waals surface area contributed by atoms with Crippen molar-refractivity contribution in [1.29, 1.82) is 0 Å². The molecular formula is C58H88N2O38+2. The third-order valence-electron chi connectivity index (χ3n) is 18.9. The Morgan fingerprint density at radius 1 is 0.184 bits per heavy atom. The Bertz CT molecular complexity index is 2720. The molecule has 30 saturated heterocycles. The third kappa shape index (κ3) is 15.5. The maximum Gasteiger partial charge on any atom is 0.187 e. The number of pyridine rings is 2. The molecular weight excluding hydrogens is 1330 g/mol. The lowest BCUT2D eigenvalue weighted by molar-refractivity contribution is -0.709. The minimum absolute atomic E-state index is 0.246. The van der Waals surface area contributed by atoms with Gasteiger partial charge in [-0.1, -0.05) is 12.1 Å². The van der Waals surface area contributed by atoms with Crippen molar-refractivity contribution in [3.8, 4) is 0 Å². The number of aromatic nitrogens is 2. The highest BCUT2D eigenvalue weighted by atomic mass is 16.8. The first-order chi connectivity index (χ1) is 46.9. The van der Waals surface area contributed by atoms with Gasteiger partial charge < -0.3 is 188 Å². The van der Waals surface area contributed by atoms with Crippen molar-refractivity contribution in [3.63, 3.8) is 0 Å². The van der Waals surface area contributed by atoms with Crippen LogP contribution in [0.3, 0.4) is 0 Å². The molecule has 0 unspecified atom stereocenters. The van der Waals surface area contributed by atoms with E-state index in [1.807, 2.05) is 0 Å². The van der Waals surface area contributed by atoms with Crippen LogP contribution in [0.25, 0.3) is 0 Å². The third-order valence-corrected chi connectivity index (χ3v) is 18.9. The molecule has 0 saturated carbocycles. The average Bonchev–Trinajstić information content (AvgIpc) is 0.777. The molecule has 2 aromatic rings. The second-order valence-electron chi connectivity index (χ2n) is 25.2. The van der Waals surface area contributed by atoms with Crippen LogP contribution in [-0.2, 0) is 88.9 Å². The van der Waals surface area contributed by atoms with Gasteiger partial charge in [0.25, 0.3) is 0 Å². The minimum atomic E-state index is -2.24. The van der Waals surface area contributed by atoms with Crippen LogP contribution in [0.1, 0.15) is 0 Å². The molecule has 0 spiro atoms. The first-order valence-electron chi connectivity index (χ1n) is 31.8. The molecule has 0 amide bonds. The van der Waals surface area contributed by atoms with Crippen LogP contribution in [0.5, 0.6) is 0 Å². The summed E-state index contributed by atoms with van der Waals surface area (Å²) in [7, 11) is 0. The fourth-order valence-electron chi connectivity index (χ4n) is 13.4. The van der Waals surface area contributed by atoms with E-state index in [1.54, 1.807) is 70.3 Å². The zero-order chi connectivity index (χ0) is 70.3. The van der Waals surface area contributed by atoms with Crippen LogP contribution in [0, 0.1) is 0 Å². The van der Waals surface area contributed by atoms with E-state index >= 15 is 0 Å². The Morgan fingerprint density at radius 3 is 0.480 bits per heavy atom. The van der Waals surface area contributed by atoms with Crippen LogP contribution in [0.2, 0.25) is 0 Å². The van der Waals surface area contributed by atoms with Crippen molar-refractivity contribution in [3.05, 3.63) is 61.2 Å². The summed E-state index contributed by atoms with van der Waals surface area (Å²) in [5, 5.41) is 250. The Morgan fingerprint density at radius 2 is 0.327 bits per heavy atom. The predicted octanol–water partition coefficient (Wildman–Crippen LogP) is -15.4. The lowest BCUT2D eigenvalue weighted by Crippen LogP contribution is -2.69. The molecule has 556 valence electrons. The molecule has 32 rings (SSSR count). The van der Waals surface area contributed by atoms with Crippen molar-refractivity contribution in [2.75, 3.05) is 39.6 Å². The van der Waals surface area contributed by atoms with E-state index in [1.165, 1.54) is 0 Å². The first-order valence-corrected chi connectivity index (χ1v) is 31.8. The van der Waals surface area contributed by atoms with Crippen molar-refractivity contribution >= 4 is 0 Å². The van der Waals surface area contributed by atoms with Gasteiger partial charge in [0.15, 0.2) is 88.2 Å². The minimum Gasteiger partial charge on any atom is -0.394 e. The van der Waals surface area contributed by atoms with Crippen molar-refractivity contribution in [1.82, 2.24) is 0 Å². The highest BCUT2D eigenvalue weighted by molar-refractivity contribution is 5.03. The van der Waals surface area contributed by atoms with Gasteiger partial charge in [-0.25, -0.2) is 9.13 Å². The number of ether oxygens (including phenoxy) is 16. The van der Waals surface area contributed by atoms with E-state index in [9.17, 15) is 112 Å². The molecule has 0 aliphatic carbocycles. The van der Waals surface area contributed by atoms with Crippen molar-refractivity contribution in [2.24, 2.45) is 0 Å². The summed E-state index contributed by atoms with van der Waals surface area (Å²) in [4.78, 5) is 0. The van der Waals surface area contributed by atoms with Crippen LogP contribution >= 0.6 is 0 Å². The van der Waals surface area contributed by atoms with E-state index in [0.29, 0.717) is 0 Å². The van der Waals surface area contributed by atoms with Crippen LogP contribution in [0.15, 0.2) is 61.2 Å². The molecule has 30 fully saturated rings. The number of hydrogen-bond acceptors (Lipinski definition) is 38. The zero-order valence-electron chi connectivity index (χ0n) is 51.8. The van der Waals surface area contributed by atoms with Gasteiger partial charge in [0, 0.05) is 24.3 Å². The van der Waals surface area contributed by atoms with Crippen LogP contribution in [-0.4, -0.2) is 398 Å². The fraction of sp³-hybridized carbons (Fsp3) is 0.828. The summed E-state index contributed by atoms with van der Waals surface area (Å²) in [6, 6.07) is 9.88. The fourth-order valence-corrected chi connectivity index (χ4v) is 13.4. The zero-order valence-corrected chi connectivity index (χ0v) is 51.8. The first kappa shape index (κ1) is 75.9. The Labute approximate surface area is 555 Å². The molecule has 98 heavy (non-hydrogen) atoms. The highest BCUT2D eigenvalue weighted by Gasteiger charge is 2.61. The molecule has 22 N–H and O–H groups in total. The number of aliphatic hydroxyl groups excluding tert-OH is 22. The highest BCUT2D eigenvalue weighted by Crippen LogP contribution is 2.40. The Balaban J connectivity index is 0.889. The van der Waals surface area contributed by atoms with E-state index in [-0.39, 0.29) is 13.1 Å². The number of rotatable bonds is 10. The van der Waals surface area contributed by atoms with Gasteiger partial charge in [-0.2, -0.15) is 0 Å². The second-order valence-corrected chi connectivity index (χ2v) is 25.2. The lowest BCUT2D eigenvalue weighted by Gasteiger charge is -2.50. The van der Waals surface area contributed by atoms with Gasteiger partial charge in [-0.05, 0) is 0 Å². The molecule has 30 aliphatic rings. The molecule has 0 aromatic carbocycles. The monoisotopic (exact) mass is 1420 g/mol. The summed E-state index contributed by atoms with van der Waals surface area (Å²) < 4.78 is 97.9. The van der Waals surface area contributed by atoms with E-state index < -0.39 is 285 Å². The molecule has 2 aromatic heterocycles. The topological polar surface area (TPSA) is 601 Å². The normalized spacial score (nSPS) is 50.8. The summed E-state index contributed by atoms with van der Waals surface area (Å²) in [5.74, 6) is 0. The maximum absolute atomic E-state index is 12.1. The van der Waals surface area contributed by atoms with Gasteiger partial charge in [0.2, 0.25) is 0 Å². The standard InChI is InChI=1S/C58H88N2O38/c61-13-21-45-30(70)38(78)54(86-21)95-47-23(15-63)88-56(40(80)32(47)72)97-49-25(17-65)90-58(42(82)34(49)74)98-50-26(18-66)89-57(41(81)33(50)73)96-48-24(16-64)87-55(39(79)31(48)71)94-46-22(14-62)85-53(37(77)29(46)69)92-44-20(12-60-9-5-2-6-10-60)83-51(35(75)27(44)67)91-43-19(11-59-7-3-1-4-8-59)84-52(93-45)36(76)28(43)68/h1-10,19-58,61-82H,11-18H2/q+2/t19-,20+,21-,22+,23-,24-,25-,26-,27-,28-,29-,30+,31-,32+,33-,34-,35-,36-,37-,38-,39-,40+,41-,42-,43-,44-,45-,46-,47-,48-,49-,50-,51-,52-,53-,54-,55-,56-,57-,58-/m1/s1. The molecule has 0 radical (unpaired) electrons. The summed E-state index contributed by atoms with van der Waals surface area (Å²) >= 11 is 0. The second kappa shape index (κ2) is 32.8. The molecule has 40 nitrogen and oxygen atoms in total. The van der Waals surface area contributed by atoms with Gasteiger partial charge >= 0.3 is 0 Å². The molecule has 30 aliphatic heterocycles. The smallest absolute Gasteiger partial charge is 0.187 e.